The van der Waals surface area contributed by atoms with Gasteiger partial charge >= 0.3 is 0 Å². The molecule has 2 rings (SSSR count). The van der Waals surface area contributed by atoms with Gasteiger partial charge in [-0.05, 0) is 25.0 Å². The van der Waals surface area contributed by atoms with E-state index in [0.717, 1.165) is 12.8 Å². The van der Waals surface area contributed by atoms with Crippen LogP contribution >= 0.6 is 11.3 Å². The number of nitrogens with two attached hydrogens (primary N) is 1. The smallest absolute Gasteiger partial charge is 0.223 e. The zero-order valence-corrected chi connectivity index (χ0v) is 12.4. The lowest BCUT2D eigenvalue weighted by molar-refractivity contribution is -0.138. The Bertz CT molecular complexity index is 433. The van der Waals surface area contributed by atoms with Gasteiger partial charge < -0.3 is 15.4 Å². The highest BCUT2D eigenvalue weighted by Gasteiger charge is 2.35. The van der Waals surface area contributed by atoms with Gasteiger partial charge in [-0.15, -0.1) is 11.3 Å². The van der Waals surface area contributed by atoms with Crippen molar-refractivity contribution in [2.75, 3.05) is 20.3 Å². The van der Waals surface area contributed by atoms with E-state index in [-0.39, 0.29) is 18.0 Å². The molecular weight excluding hydrogens is 260 g/mol. The molecule has 2 heterocycles. The first-order chi connectivity index (χ1) is 9.17. The molecular formula is C14H22N2O2S. The predicted octanol–water partition coefficient (Wildman–Crippen LogP) is 1.95. The average Bonchev–Trinajstić information content (AvgIpc) is 2.88. The first-order valence-electron chi connectivity index (χ1n) is 6.80. The van der Waals surface area contributed by atoms with Crippen molar-refractivity contribution in [3.05, 3.63) is 21.9 Å². The topological polar surface area (TPSA) is 55.6 Å². The van der Waals surface area contributed by atoms with Crippen molar-refractivity contribution in [1.82, 2.24) is 4.90 Å². The molecule has 5 heteroatoms. The number of likely N-dealkylation sites (tertiary alicyclic amines) is 1. The van der Waals surface area contributed by atoms with Gasteiger partial charge in [0, 0.05) is 35.9 Å². The van der Waals surface area contributed by atoms with E-state index in [1.807, 2.05) is 4.90 Å². The first-order valence-corrected chi connectivity index (χ1v) is 7.61. The van der Waals surface area contributed by atoms with Crippen molar-refractivity contribution in [2.45, 2.75) is 38.3 Å². The molecule has 19 heavy (non-hydrogen) atoms. The normalized spacial score (nSPS) is 23.9. The number of carbonyl (C=O) groups excluding carboxylic acids is 1. The van der Waals surface area contributed by atoms with Crippen LogP contribution in [0.15, 0.2) is 12.1 Å². The van der Waals surface area contributed by atoms with E-state index in [0.29, 0.717) is 19.6 Å². The van der Waals surface area contributed by atoms with Gasteiger partial charge in [0.15, 0.2) is 0 Å². The van der Waals surface area contributed by atoms with Gasteiger partial charge in [-0.2, -0.15) is 0 Å². The Morgan fingerprint density at radius 3 is 2.95 bits per heavy atom. The fourth-order valence-corrected chi connectivity index (χ4v) is 3.68. The molecule has 0 aliphatic carbocycles. The third-order valence-electron chi connectivity index (χ3n) is 3.61. The maximum absolute atomic E-state index is 12.1. The van der Waals surface area contributed by atoms with E-state index in [1.165, 1.54) is 9.75 Å². The number of thiophene rings is 1. The summed E-state index contributed by atoms with van der Waals surface area (Å²) < 4.78 is 5.11. The molecule has 0 radical (unpaired) electrons. The number of amides is 1. The number of aryl methyl sites for hydroxylation is 1. The molecule has 2 unspecified atom stereocenters. The van der Waals surface area contributed by atoms with E-state index in [2.05, 4.69) is 19.1 Å². The molecule has 0 saturated carbocycles. The lowest BCUT2D eigenvalue weighted by Crippen LogP contribution is -2.49. The number of ether oxygens (including phenoxy) is 1. The van der Waals surface area contributed by atoms with Gasteiger partial charge in [0.05, 0.1) is 12.6 Å². The molecule has 1 fully saturated rings. The zero-order valence-electron chi connectivity index (χ0n) is 11.6. The van der Waals surface area contributed by atoms with Crippen LogP contribution in [0.2, 0.25) is 0 Å². The van der Waals surface area contributed by atoms with Crippen LogP contribution in [0.25, 0.3) is 0 Å². The fraction of sp³-hybridized carbons (Fsp3) is 0.643. The van der Waals surface area contributed by atoms with Crippen molar-refractivity contribution in [3.63, 3.8) is 0 Å². The summed E-state index contributed by atoms with van der Waals surface area (Å²) in [7, 11) is 1.66. The highest BCUT2D eigenvalue weighted by molar-refractivity contribution is 7.12. The van der Waals surface area contributed by atoms with Crippen molar-refractivity contribution < 1.29 is 9.53 Å². The average molecular weight is 282 g/mol. The molecule has 0 spiro atoms. The van der Waals surface area contributed by atoms with Crippen molar-refractivity contribution in [1.29, 1.82) is 0 Å². The van der Waals surface area contributed by atoms with Crippen LogP contribution in [0.5, 0.6) is 0 Å². The fourth-order valence-electron chi connectivity index (χ4n) is 2.54. The summed E-state index contributed by atoms with van der Waals surface area (Å²) in [6.07, 6.45) is 2.35. The molecule has 2 N–H and O–H groups in total. The Morgan fingerprint density at radius 2 is 2.32 bits per heavy atom. The Balaban J connectivity index is 2.22. The number of hydrogen-bond acceptors (Lipinski definition) is 4. The van der Waals surface area contributed by atoms with Crippen LogP contribution in [-0.4, -0.2) is 37.1 Å². The van der Waals surface area contributed by atoms with Gasteiger partial charge in [-0.1, -0.05) is 6.92 Å². The number of piperidine rings is 1. The molecule has 1 aliphatic heterocycles. The monoisotopic (exact) mass is 282 g/mol. The maximum Gasteiger partial charge on any atom is 0.223 e. The van der Waals surface area contributed by atoms with Crippen LogP contribution in [0.4, 0.5) is 0 Å². The summed E-state index contributed by atoms with van der Waals surface area (Å²) in [6.45, 7) is 3.32. The molecule has 1 amide bonds. The molecule has 1 saturated heterocycles. The van der Waals surface area contributed by atoms with Crippen LogP contribution in [0.1, 0.15) is 35.6 Å². The number of hydrogen-bond donors (Lipinski definition) is 1. The molecule has 106 valence electrons. The minimum Gasteiger partial charge on any atom is -0.383 e. The summed E-state index contributed by atoms with van der Waals surface area (Å²) in [4.78, 5) is 16.6. The Morgan fingerprint density at radius 1 is 1.53 bits per heavy atom. The standard InChI is InChI=1S/C14H22N2O2S/c1-3-10-4-6-12(19-10)14-11(15)5-7-13(17)16(14)8-9-18-2/h4,6,11,14H,3,5,7-9,15H2,1-2H3. The third-order valence-corrected chi connectivity index (χ3v) is 4.91. The third kappa shape index (κ3) is 3.16. The second-order valence-electron chi connectivity index (χ2n) is 4.88. The van der Waals surface area contributed by atoms with Crippen LogP contribution < -0.4 is 5.73 Å². The molecule has 0 aromatic carbocycles. The molecule has 0 bridgehead atoms. The van der Waals surface area contributed by atoms with Crippen LogP contribution in [0, 0.1) is 0 Å². The van der Waals surface area contributed by atoms with Gasteiger partial charge in [0.25, 0.3) is 0 Å². The second kappa shape index (κ2) is 6.50. The van der Waals surface area contributed by atoms with E-state index < -0.39 is 0 Å². The molecule has 1 aliphatic rings. The summed E-state index contributed by atoms with van der Waals surface area (Å²) in [5.41, 5.74) is 6.26. The van der Waals surface area contributed by atoms with E-state index >= 15 is 0 Å². The van der Waals surface area contributed by atoms with Gasteiger partial charge in [-0.3, -0.25) is 4.79 Å². The highest BCUT2D eigenvalue weighted by Crippen LogP contribution is 2.34. The van der Waals surface area contributed by atoms with Crippen molar-refractivity contribution in [2.24, 2.45) is 5.73 Å². The van der Waals surface area contributed by atoms with Crippen molar-refractivity contribution in [3.8, 4) is 0 Å². The number of nitrogens with zero attached hydrogens (tertiary/aromatic N) is 1. The summed E-state index contributed by atoms with van der Waals surface area (Å²) in [5.74, 6) is 0.190. The van der Waals surface area contributed by atoms with E-state index in [1.54, 1.807) is 18.4 Å². The molecule has 4 nitrogen and oxygen atoms in total. The maximum atomic E-state index is 12.1. The highest BCUT2D eigenvalue weighted by atomic mass is 32.1. The first kappa shape index (κ1) is 14.5. The summed E-state index contributed by atoms with van der Waals surface area (Å²) in [6, 6.07) is 4.30. The molecule has 1 aromatic heterocycles. The quantitative estimate of drug-likeness (QED) is 0.898. The molecule has 1 aromatic rings. The van der Waals surface area contributed by atoms with Gasteiger partial charge in [0.2, 0.25) is 5.91 Å². The predicted molar refractivity (Wildman–Crippen MR) is 77.2 cm³/mol. The largest absolute Gasteiger partial charge is 0.383 e. The number of methoxy groups -OCH3 is 1. The van der Waals surface area contributed by atoms with Gasteiger partial charge in [0.1, 0.15) is 0 Å². The van der Waals surface area contributed by atoms with E-state index in [9.17, 15) is 4.79 Å². The molecule has 2 atom stereocenters. The lowest BCUT2D eigenvalue weighted by Gasteiger charge is -2.39. The Kier molecular flexibility index (Phi) is 4.96. The van der Waals surface area contributed by atoms with E-state index in [4.69, 9.17) is 10.5 Å². The summed E-state index contributed by atoms with van der Waals surface area (Å²) in [5, 5.41) is 0. The van der Waals surface area contributed by atoms with Gasteiger partial charge in [-0.25, -0.2) is 0 Å². The SMILES string of the molecule is CCc1ccc(C2C(N)CCC(=O)N2CCOC)s1. The summed E-state index contributed by atoms with van der Waals surface area (Å²) >= 11 is 1.77. The Labute approximate surface area is 118 Å². The minimum absolute atomic E-state index is 0.0155. The minimum atomic E-state index is 0.0155. The van der Waals surface area contributed by atoms with Crippen LogP contribution in [-0.2, 0) is 16.0 Å². The van der Waals surface area contributed by atoms with Crippen LogP contribution in [0.3, 0.4) is 0 Å². The lowest BCUT2D eigenvalue weighted by atomic mass is 9.95. The Hall–Kier alpha value is -0.910. The second-order valence-corrected chi connectivity index (χ2v) is 6.08. The number of carbonyl (C=O) groups is 1. The zero-order chi connectivity index (χ0) is 13.8. The number of rotatable bonds is 5. The van der Waals surface area contributed by atoms with Crippen molar-refractivity contribution >= 4 is 17.2 Å².